The second-order valence-corrected chi connectivity index (χ2v) is 4.89. The van der Waals surface area contributed by atoms with Crippen LogP contribution < -0.4 is 10.7 Å². The van der Waals surface area contributed by atoms with Crippen LogP contribution >= 0.6 is 0 Å². The van der Waals surface area contributed by atoms with Gasteiger partial charge in [0.25, 0.3) is 5.69 Å². The topological polar surface area (TPSA) is 140 Å². The van der Waals surface area contributed by atoms with Crippen LogP contribution in [0.5, 0.6) is 0 Å². The van der Waals surface area contributed by atoms with E-state index in [1.807, 2.05) is 0 Å². The number of amides is 1. The Hall–Kier alpha value is -3.82. The molecule has 25 heavy (non-hydrogen) atoms. The monoisotopic (exact) mass is 343 g/mol. The van der Waals surface area contributed by atoms with Crippen molar-refractivity contribution in [1.82, 2.24) is 0 Å². The van der Waals surface area contributed by atoms with E-state index in [1.54, 1.807) is 24.3 Å². The Morgan fingerprint density at radius 1 is 1.08 bits per heavy atom. The molecule has 2 aromatic rings. The van der Waals surface area contributed by atoms with Gasteiger partial charge in [-0.2, -0.15) is 5.10 Å². The molecule has 0 fully saturated rings. The molecule has 2 rings (SSSR count). The summed E-state index contributed by atoms with van der Waals surface area (Å²) in [6.45, 7) is 1.40. The Morgan fingerprint density at radius 2 is 1.76 bits per heavy atom. The molecule has 1 amide bonds. The molecule has 0 unspecified atom stereocenters. The van der Waals surface area contributed by atoms with Crippen LogP contribution in [-0.2, 0) is 4.79 Å². The van der Waals surface area contributed by atoms with Crippen molar-refractivity contribution >= 4 is 34.9 Å². The number of nitro groups is 2. The number of nitrogens with zero attached hydrogens (tertiary/aromatic N) is 3. The van der Waals surface area contributed by atoms with Crippen LogP contribution in [0.3, 0.4) is 0 Å². The first-order chi connectivity index (χ1) is 11.9. The summed E-state index contributed by atoms with van der Waals surface area (Å²) >= 11 is 0. The zero-order valence-electron chi connectivity index (χ0n) is 13.0. The summed E-state index contributed by atoms with van der Waals surface area (Å²) in [5.41, 5.74) is 3.00. The molecule has 10 heteroatoms. The fourth-order valence-corrected chi connectivity index (χ4v) is 1.91. The molecule has 128 valence electrons. The zero-order chi connectivity index (χ0) is 18.4. The van der Waals surface area contributed by atoms with Gasteiger partial charge < -0.3 is 5.32 Å². The van der Waals surface area contributed by atoms with Crippen molar-refractivity contribution in [3.05, 3.63) is 68.3 Å². The van der Waals surface area contributed by atoms with Crippen molar-refractivity contribution in [1.29, 1.82) is 0 Å². The van der Waals surface area contributed by atoms with Crippen LogP contribution in [0.15, 0.2) is 47.6 Å². The number of hydrazone groups is 1. The van der Waals surface area contributed by atoms with Gasteiger partial charge in [0.05, 0.1) is 22.1 Å². The number of nitrogens with one attached hydrogen (secondary N) is 2. The Bertz CT molecular complexity index is 848. The van der Waals surface area contributed by atoms with Gasteiger partial charge in [0, 0.05) is 18.7 Å². The molecule has 0 aliphatic rings. The van der Waals surface area contributed by atoms with E-state index in [-0.39, 0.29) is 17.3 Å². The zero-order valence-corrected chi connectivity index (χ0v) is 13.0. The molecule has 0 heterocycles. The first-order valence-electron chi connectivity index (χ1n) is 6.96. The molecular formula is C15H13N5O5. The summed E-state index contributed by atoms with van der Waals surface area (Å²) < 4.78 is 0. The van der Waals surface area contributed by atoms with Crippen molar-refractivity contribution in [2.75, 3.05) is 10.7 Å². The maximum absolute atomic E-state index is 11.0. The Kier molecular flexibility index (Phi) is 5.36. The van der Waals surface area contributed by atoms with Gasteiger partial charge in [-0.3, -0.25) is 30.4 Å². The van der Waals surface area contributed by atoms with Gasteiger partial charge in [0.1, 0.15) is 5.69 Å². The number of non-ortho nitro benzene ring substituents is 1. The van der Waals surface area contributed by atoms with Crippen molar-refractivity contribution in [2.45, 2.75) is 6.92 Å². The smallest absolute Gasteiger partial charge is 0.301 e. The van der Waals surface area contributed by atoms with Crippen molar-refractivity contribution < 1.29 is 14.6 Å². The number of benzene rings is 2. The lowest BCUT2D eigenvalue weighted by molar-refractivity contribution is -0.393. The third-order valence-electron chi connectivity index (χ3n) is 3.02. The lowest BCUT2D eigenvalue weighted by Crippen LogP contribution is -2.05. The third kappa shape index (κ3) is 4.82. The van der Waals surface area contributed by atoms with Gasteiger partial charge in [-0.05, 0) is 23.8 Å². The second-order valence-electron chi connectivity index (χ2n) is 4.89. The largest absolute Gasteiger partial charge is 0.326 e. The highest BCUT2D eigenvalue weighted by Gasteiger charge is 2.18. The molecular weight excluding hydrogens is 330 g/mol. The minimum Gasteiger partial charge on any atom is -0.326 e. The predicted molar refractivity (Wildman–Crippen MR) is 91.7 cm³/mol. The van der Waals surface area contributed by atoms with E-state index in [1.165, 1.54) is 19.2 Å². The first kappa shape index (κ1) is 17.5. The van der Waals surface area contributed by atoms with Gasteiger partial charge >= 0.3 is 5.69 Å². The molecule has 0 saturated heterocycles. The van der Waals surface area contributed by atoms with Crippen LogP contribution in [0.25, 0.3) is 0 Å². The summed E-state index contributed by atoms with van der Waals surface area (Å²) in [6.07, 6.45) is 1.42. The lowest BCUT2D eigenvalue weighted by atomic mass is 10.2. The molecule has 0 aliphatic heterocycles. The summed E-state index contributed by atoms with van der Waals surface area (Å²) in [5.74, 6) is -0.187. The molecule has 0 saturated carbocycles. The molecule has 10 nitrogen and oxygen atoms in total. The average molecular weight is 343 g/mol. The summed E-state index contributed by atoms with van der Waals surface area (Å²) in [4.78, 5) is 31.2. The molecule has 0 radical (unpaired) electrons. The average Bonchev–Trinajstić information content (AvgIpc) is 2.55. The maximum Gasteiger partial charge on any atom is 0.301 e. The number of hydrogen-bond donors (Lipinski definition) is 2. The molecule has 0 aliphatic carbocycles. The molecule has 2 N–H and O–H groups in total. The molecule has 0 bridgehead atoms. The quantitative estimate of drug-likeness (QED) is 0.469. The van der Waals surface area contributed by atoms with E-state index in [4.69, 9.17) is 0 Å². The molecule has 2 aromatic carbocycles. The van der Waals surface area contributed by atoms with E-state index in [2.05, 4.69) is 15.8 Å². The Morgan fingerprint density at radius 3 is 2.32 bits per heavy atom. The molecule has 0 spiro atoms. The Labute approximate surface area is 141 Å². The van der Waals surface area contributed by atoms with Crippen LogP contribution in [0, 0.1) is 20.2 Å². The van der Waals surface area contributed by atoms with E-state index in [0.717, 1.165) is 12.1 Å². The third-order valence-corrected chi connectivity index (χ3v) is 3.02. The van der Waals surface area contributed by atoms with Crippen molar-refractivity contribution in [3.63, 3.8) is 0 Å². The van der Waals surface area contributed by atoms with Gasteiger partial charge in [-0.15, -0.1) is 0 Å². The summed E-state index contributed by atoms with van der Waals surface area (Å²) in [5, 5.41) is 28.2. The van der Waals surface area contributed by atoms with Crippen LogP contribution in [-0.4, -0.2) is 22.0 Å². The normalized spacial score (nSPS) is 10.4. The van der Waals surface area contributed by atoms with Crippen LogP contribution in [0.4, 0.5) is 22.7 Å². The minimum atomic E-state index is -0.729. The number of carbonyl (C=O) groups is 1. The Balaban J connectivity index is 2.12. The number of carbonyl (C=O) groups excluding carboxylic acids is 1. The van der Waals surface area contributed by atoms with Gasteiger partial charge in [0.2, 0.25) is 5.91 Å². The van der Waals surface area contributed by atoms with E-state index < -0.39 is 15.5 Å². The van der Waals surface area contributed by atoms with Gasteiger partial charge in [0.15, 0.2) is 0 Å². The van der Waals surface area contributed by atoms with Crippen LogP contribution in [0.1, 0.15) is 12.5 Å². The van der Waals surface area contributed by atoms with Crippen molar-refractivity contribution in [2.24, 2.45) is 5.10 Å². The van der Waals surface area contributed by atoms with Crippen LogP contribution in [0.2, 0.25) is 0 Å². The van der Waals surface area contributed by atoms with E-state index in [9.17, 15) is 25.0 Å². The molecule has 0 aromatic heterocycles. The van der Waals surface area contributed by atoms with E-state index in [0.29, 0.717) is 11.3 Å². The summed E-state index contributed by atoms with van der Waals surface area (Å²) in [6, 6.07) is 9.97. The van der Waals surface area contributed by atoms with Crippen molar-refractivity contribution in [3.8, 4) is 0 Å². The van der Waals surface area contributed by atoms with Gasteiger partial charge in [-0.1, -0.05) is 12.1 Å². The SMILES string of the molecule is CC(=O)Nc1ccc(C=NNc2ccc([N+](=O)[O-])cc2[N+](=O)[O-])cc1. The number of hydrogen-bond acceptors (Lipinski definition) is 7. The first-order valence-corrected chi connectivity index (χ1v) is 6.96. The predicted octanol–water partition coefficient (Wildman–Crippen LogP) is 2.91. The number of rotatable bonds is 6. The number of anilines is 2. The van der Waals surface area contributed by atoms with Gasteiger partial charge in [-0.25, -0.2) is 0 Å². The summed E-state index contributed by atoms with van der Waals surface area (Å²) in [7, 11) is 0. The lowest BCUT2D eigenvalue weighted by Gasteiger charge is -2.03. The highest BCUT2D eigenvalue weighted by molar-refractivity contribution is 5.89. The van der Waals surface area contributed by atoms with E-state index >= 15 is 0 Å². The highest BCUT2D eigenvalue weighted by atomic mass is 16.6. The molecule has 0 atom stereocenters. The number of nitro benzene ring substituents is 2. The fraction of sp³-hybridized carbons (Fsp3) is 0.0667. The maximum atomic E-state index is 11.0. The fourth-order valence-electron chi connectivity index (χ4n) is 1.91. The standard InChI is InChI=1S/C15H13N5O5/c1-10(21)17-12-4-2-11(3-5-12)9-16-18-14-7-6-13(19(22)23)8-15(14)20(24)25/h2-9,18H,1H3,(H,17,21). The highest BCUT2D eigenvalue weighted by Crippen LogP contribution is 2.28. The second kappa shape index (κ2) is 7.64. The minimum absolute atomic E-state index is 0.0294.